The lowest BCUT2D eigenvalue weighted by Gasteiger charge is -2.51. The molecule has 1 spiro atoms. The second-order valence-electron chi connectivity index (χ2n) is 15.2. The van der Waals surface area contributed by atoms with Gasteiger partial charge in [0.2, 0.25) is 5.95 Å². The van der Waals surface area contributed by atoms with Crippen LogP contribution >= 0.6 is 11.6 Å². The van der Waals surface area contributed by atoms with Gasteiger partial charge in [-0.25, -0.2) is 24.8 Å². The monoisotopic (exact) mass is 768 g/mol. The number of piperazine rings is 2. The number of carboxylic acids is 1. The molecule has 0 amide bonds. The lowest BCUT2D eigenvalue weighted by molar-refractivity contribution is -0.192. The highest BCUT2D eigenvalue weighted by Crippen LogP contribution is 2.41. The van der Waals surface area contributed by atoms with Gasteiger partial charge in [-0.2, -0.15) is 18.4 Å². The molecule has 4 aliphatic rings. The molecule has 0 unspecified atom stereocenters. The lowest BCUT2D eigenvalue weighted by atomic mass is 9.68. The molecule has 3 aromatic rings. The number of carboxylic acid groups (broad SMARTS) is 1. The summed E-state index contributed by atoms with van der Waals surface area (Å²) in [4.78, 5) is 23.4. The topological polar surface area (TPSA) is 121 Å². The van der Waals surface area contributed by atoms with Gasteiger partial charge in [-0.05, 0) is 78.6 Å². The maximum absolute atomic E-state index is 10.6. The Labute approximate surface area is 319 Å². The number of hydrogen-bond donors (Lipinski definition) is 2. The Bertz CT molecular complexity index is 1770. The first-order valence-corrected chi connectivity index (χ1v) is 18.9. The summed E-state index contributed by atoms with van der Waals surface area (Å²) in [6, 6.07) is 18.6. The van der Waals surface area contributed by atoms with Crippen molar-refractivity contribution in [2.45, 2.75) is 63.8 Å². The van der Waals surface area contributed by atoms with Crippen LogP contribution in [-0.4, -0.2) is 114 Å². The van der Waals surface area contributed by atoms with Gasteiger partial charge in [0.1, 0.15) is 12.4 Å². The Morgan fingerprint density at radius 2 is 1.57 bits per heavy atom. The molecule has 1 saturated carbocycles. The number of hydrazine groups is 1. The van der Waals surface area contributed by atoms with Crippen molar-refractivity contribution < 1.29 is 27.8 Å². The zero-order valence-electron chi connectivity index (χ0n) is 30.8. The van der Waals surface area contributed by atoms with Crippen LogP contribution < -0.4 is 15.0 Å². The van der Waals surface area contributed by atoms with Crippen LogP contribution in [0.2, 0.25) is 5.02 Å². The largest absolute Gasteiger partial charge is 0.490 e. The fourth-order valence-corrected chi connectivity index (χ4v) is 8.11. The second-order valence-corrected chi connectivity index (χ2v) is 15.6. The van der Waals surface area contributed by atoms with E-state index in [4.69, 9.17) is 31.2 Å². The van der Waals surface area contributed by atoms with Crippen LogP contribution in [0.5, 0.6) is 5.75 Å². The molecule has 54 heavy (non-hydrogen) atoms. The van der Waals surface area contributed by atoms with Gasteiger partial charge >= 0.3 is 12.1 Å². The van der Waals surface area contributed by atoms with Crippen molar-refractivity contribution in [1.29, 1.82) is 5.26 Å². The number of hydrogen-bond acceptors (Lipinski definition) is 10. The van der Waals surface area contributed by atoms with Crippen molar-refractivity contribution in [2.75, 3.05) is 70.3 Å². The van der Waals surface area contributed by atoms with Crippen LogP contribution in [-0.2, 0) is 16.8 Å². The Morgan fingerprint density at radius 1 is 0.963 bits per heavy atom. The third-order valence-electron chi connectivity index (χ3n) is 11.4. The van der Waals surface area contributed by atoms with Crippen molar-refractivity contribution in [3.05, 3.63) is 82.1 Å². The number of rotatable bonds is 8. The minimum absolute atomic E-state index is 0.318. The molecule has 4 fully saturated rings. The minimum atomic E-state index is -5.08. The number of aliphatic carboxylic acids is 1. The van der Waals surface area contributed by atoms with E-state index in [1.807, 2.05) is 36.5 Å². The van der Waals surface area contributed by atoms with Crippen molar-refractivity contribution in [3.63, 3.8) is 0 Å². The number of ether oxygens (including phenoxy) is 1. The molecule has 15 heteroatoms. The highest BCUT2D eigenvalue weighted by Gasteiger charge is 2.42. The summed E-state index contributed by atoms with van der Waals surface area (Å²) in [5.74, 6) is -1.19. The molecule has 1 aromatic heterocycles. The van der Waals surface area contributed by atoms with E-state index in [0.717, 1.165) is 73.8 Å². The summed E-state index contributed by atoms with van der Waals surface area (Å²) >= 11 is 6.29. The van der Waals surface area contributed by atoms with Gasteiger partial charge in [0.25, 0.3) is 0 Å². The fourth-order valence-electron chi connectivity index (χ4n) is 7.87. The Kier molecular flexibility index (Phi) is 12.3. The van der Waals surface area contributed by atoms with Crippen molar-refractivity contribution in [1.82, 2.24) is 30.2 Å². The minimum Gasteiger partial charge on any atom is -0.487 e. The van der Waals surface area contributed by atoms with Crippen LogP contribution in [0.15, 0.2) is 54.7 Å². The maximum Gasteiger partial charge on any atom is 0.490 e. The summed E-state index contributed by atoms with van der Waals surface area (Å²) in [6.45, 7) is 15.6. The zero-order valence-corrected chi connectivity index (χ0v) is 31.5. The first kappa shape index (κ1) is 39.7. The average molecular weight is 769 g/mol. The van der Waals surface area contributed by atoms with Crippen LogP contribution in [0.3, 0.4) is 0 Å². The highest BCUT2D eigenvalue weighted by molar-refractivity contribution is 6.30. The molecule has 1 aliphatic carbocycles. The zero-order chi connectivity index (χ0) is 38.5. The number of anilines is 1. The van der Waals surface area contributed by atoms with Crippen LogP contribution in [0, 0.1) is 16.7 Å². The Hall–Kier alpha value is -4.00. The van der Waals surface area contributed by atoms with E-state index in [-0.39, 0.29) is 5.41 Å². The van der Waals surface area contributed by atoms with E-state index in [0.29, 0.717) is 22.6 Å². The third-order valence-corrected chi connectivity index (χ3v) is 11.6. The van der Waals surface area contributed by atoms with Crippen LogP contribution in [0.25, 0.3) is 0 Å². The number of benzene rings is 2. The lowest BCUT2D eigenvalue weighted by Crippen LogP contribution is -2.61. The quantitative estimate of drug-likeness (QED) is 0.293. The molecule has 3 aliphatic heterocycles. The molecule has 0 bridgehead atoms. The van der Waals surface area contributed by atoms with Gasteiger partial charge in [-0.1, -0.05) is 37.6 Å². The summed E-state index contributed by atoms with van der Waals surface area (Å²) in [7, 11) is 0. The predicted octanol–water partition coefficient (Wildman–Crippen LogP) is 5.73. The SMILES string of the molecule is CC(C)(c1ccc(OCc2ccnc(N3CCN(N4CCN(C5CCC6(CC5)CNC6)CC4)CC3)n2)cc1)c1cc(Cl)cc(C#N)c1.O=C(O)C(F)(F)F. The molecule has 3 saturated heterocycles. The first-order chi connectivity index (χ1) is 25.7. The smallest absolute Gasteiger partial charge is 0.487 e. The highest BCUT2D eigenvalue weighted by atomic mass is 35.5. The Morgan fingerprint density at radius 3 is 2.13 bits per heavy atom. The number of halogens is 4. The average Bonchev–Trinajstić information content (AvgIpc) is 3.16. The van der Waals surface area contributed by atoms with E-state index >= 15 is 0 Å². The van der Waals surface area contributed by atoms with E-state index < -0.39 is 12.1 Å². The number of nitrogens with one attached hydrogen (secondary N) is 1. The van der Waals surface area contributed by atoms with Crippen LogP contribution in [0.4, 0.5) is 19.1 Å². The van der Waals surface area contributed by atoms with E-state index in [2.05, 4.69) is 62.2 Å². The molecule has 2 aromatic carbocycles. The number of nitrogens with zero attached hydrogens (tertiary/aromatic N) is 7. The van der Waals surface area contributed by atoms with Gasteiger partial charge in [0.05, 0.1) is 17.3 Å². The number of carbonyl (C=O) groups is 1. The van der Waals surface area contributed by atoms with Gasteiger partial charge in [0.15, 0.2) is 0 Å². The van der Waals surface area contributed by atoms with Crippen LogP contribution in [0.1, 0.15) is 61.9 Å². The Balaban J connectivity index is 0.000000649. The molecule has 0 radical (unpaired) electrons. The molecular weight excluding hydrogens is 721 g/mol. The van der Waals surface area contributed by atoms with Gasteiger partial charge in [-0.3, -0.25) is 4.90 Å². The predicted molar refractivity (Wildman–Crippen MR) is 199 cm³/mol. The summed E-state index contributed by atoms with van der Waals surface area (Å²) in [6.07, 6.45) is 2.33. The molecule has 2 N–H and O–H groups in total. The van der Waals surface area contributed by atoms with E-state index in [9.17, 15) is 18.4 Å². The van der Waals surface area contributed by atoms with Gasteiger partial charge < -0.3 is 20.1 Å². The molecule has 11 nitrogen and oxygen atoms in total. The van der Waals surface area contributed by atoms with Crippen molar-refractivity contribution in [2.24, 2.45) is 5.41 Å². The van der Waals surface area contributed by atoms with E-state index in [1.165, 1.54) is 51.9 Å². The number of nitriles is 1. The number of aromatic nitrogens is 2. The summed E-state index contributed by atoms with van der Waals surface area (Å²) < 4.78 is 37.9. The normalized spacial score (nSPS) is 20.1. The fraction of sp³-hybridized carbons (Fsp3) is 0.538. The molecule has 0 atom stereocenters. The third kappa shape index (κ3) is 9.62. The first-order valence-electron chi connectivity index (χ1n) is 18.5. The summed E-state index contributed by atoms with van der Waals surface area (Å²) in [5.41, 5.74) is 3.87. The second kappa shape index (κ2) is 16.8. The van der Waals surface area contributed by atoms with E-state index in [1.54, 1.807) is 6.07 Å². The maximum atomic E-state index is 10.6. The van der Waals surface area contributed by atoms with Crippen molar-refractivity contribution in [3.8, 4) is 11.8 Å². The molecule has 290 valence electrons. The van der Waals surface area contributed by atoms with Crippen molar-refractivity contribution >= 4 is 23.5 Å². The molecule has 4 heterocycles. The molecule has 7 rings (SSSR count). The van der Waals surface area contributed by atoms with Gasteiger partial charge in [-0.15, -0.1) is 0 Å². The van der Waals surface area contributed by atoms with Gasteiger partial charge in [0, 0.05) is 88.1 Å². The standard InChI is InChI=1S/C37H47ClN8O.C2HF3O2/c1-36(2,30-21-28(24-39)22-31(38)23-30)29-3-5-34(6-4-29)47-25-32-9-12-41-35(42-32)44-15-19-46(20-16-44)45-17-13-43(14-18-45)33-7-10-37(11-8-33)26-40-27-37;3-2(4,5)1(6)7/h3-6,9,12,21-23,33,40H,7-8,10-11,13-20,25-27H2,1-2H3;(H,6,7). The molecular formula is C39H48ClF3N8O3. The summed E-state index contributed by atoms with van der Waals surface area (Å²) in [5, 5.41) is 25.7. The number of alkyl halides is 3.